The molecule has 6 nitrogen and oxygen atoms in total. The maximum absolute atomic E-state index is 13.2. The molecule has 28 heavy (non-hydrogen) atoms. The first-order valence-electron chi connectivity index (χ1n) is 9.15. The van der Waals surface area contributed by atoms with Crippen LogP contribution < -0.4 is 9.64 Å². The standard InChI is InChI=1S/C20H21FN2O4S/c1-2-27-17-9-7-16(8-10-17)23-19-13-28(25,26)12-18(19)22(20(23)24)11-14-3-5-15(21)6-4-14/h3-10,18-19H,2,11-13H2,1H3/t18-,19-/m1/s1. The molecule has 0 aromatic heterocycles. The first kappa shape index (κ1) is 18.7. The number of carbonyl (C=O) groups excluding carboxylic acids is 1. The normalized spacial score (nSPS) is 23.1. The number of nitrogens with zero attached hydrogens (tertiary/aromatic N) is 2. The number of fused-ring (bicyclic) bond motifs is 1. The Labute approximate surface area is 163 Å². The average Bonchev–Trinajstić information content (AvgIpc) is 3.09. The van der Waals surface area contributed by atoms with E-state index in [0.29, 0.717) is 18.0 Å². The molecule has 2 fully saturated rings. The van der Waals surface area contributed by atoms with Gasteiger partial charge in [0.15, 0.2) is 9.84 Å². The summed E-state index contributed by atoms with van der Waals surface area (Å²) < 4.78 is 43.2. The lowest BCUT2D eigenvalue weighted by molar-refractivity contribution is 0.206. The summed E-state index contributed by atoms with van der Waals surface area (Å²) in [6.45, 7) is 2.67. The van der Waals surface area contributed by atoms with Gasteiger partial charge in [-0.1, -0.05) is 12.1 Å². The predicted molar refractivity (Wildman–Crippen MR) is 104 cm³/mol. The highest BCUT2D eigenvalue weighted by Crippen LogP contribution is 2.36. The van der Waals surface area contributed by atoms with Crippen molar-refractivity contribution in [3.05, 3.63) is 59.9 Å². The zero-order chi connectivity index (χ0) is 19.9. The third-order valence-corrected chi connectivity index (χ3v) is 6.87. The van der Waals surface area contributed by atoms with Gasteiger partial charge in [-0.05, 0) is 48.9 Å². The van der Waals surface area contributed by atoms with Crippen LogP contribution in [0.3, 0.4) is 0 Å². The van der Waals surface area contributed by atoms with Crippen molar-refractivity contribution in [1.82, 2.24) is 4.90 Å². The van der Waals surface area contributed by atoms with Crippen molar-refractivity contribution in [2.75, 3.05) is 23.0 Å². The molecule has 0 aliphatic carbocycles. The Kier molecular flexibility index (Phi) is 4.74. The molecule has 4 rings (SSSR count). The smallest absolute Gasteiger partial charge is 0.325 e. The number of benzene rings is 2. The molecular weight excluding hydrogens is 383 g/mol. The van der Waals surface area contributed by atoms with Gasteiger partial charge in [-0.3, -0.25) is 4.90 Å². The minimum atomic E-state index is -3.24. The maximum Gasteiger partial charge on any atom is 0.325 e. The fraction of sp³-hybridized carbons (Fsp3) is 0.350. The van der Waals surface area contributed by atoms with Crippen LogP contribution >= 0.6 is 0 Å². The number of ether oxygens (including phenoxy) is 1. The number of carbonyl (C=O) groups is 1. The number of hydrogen-bond acceptors (Lipinski definition) is 4. The molecule has 2 atom stereocenters. The highest BCUT2D eigenvalue weighted by molar-refractivity contribution is 7.91. The summed E-state index contributed by atoms with van der Waals surface area (Å²) in [6.07, 6.45) is 0. The van der Waals surface area contributed by atoms with Crippen molar-refractivity contribution in [3.8, 4) is 5.75 Å². The molecule has 0 spiro atoms. The SMILES string of the molecule is CCOc1ccc(N2C(=O)N(Cc3ccc(F)cc3)[C@@H]3CS(=O)(=O)C[C@H]32)cc1. The summed E-state index contributed by atoms with van der Waals surface area (Å²) in [7, 11) is -3.24. The summed E-state index contributed by atoms with van der Waals surface area (Å²) >= 11 is 0. The highest BCUT2D eigenvalue weighted by atomic mass is 32.2. The molecule has 0 saturated carbocycles. The molecule has 0 unspecified atom stereocenters. The first-order valence-corrected chi connectivity index (χ1v) is 11.0. The van der Waals surface area contributed by atoms with Gasteiger partial charge in [0.2, 0.25) is 0 Å². The van der Waals surface area contributed by atoms with Crippen LogP contribution in [0.5, 0.6) is 5.75 Å². The number of anilines is 1. The van der Waals surface area contributed by atoms with Crippen molar-refractivity contribution in [3.63, 3.8) is 0 Å². The minimum Gasteiger partial charge on any atom is -0.494 e. The zero-order valence-corrected chi connectivity index (χ0v) is 16.2. The van der Waals surface area contributed by atoms with E-state index in [4.69, 9.17) is 4.74 Å². The average molecular weight is 404 g/mol. The number of sulfone groups is 1. The van der Waals surface area contributed by atoms with Crippen LogP contribution in [-0.4, -0.2) is 49.5 Å². The molecule has 2 heterocycles. The number of halogens is 1. The third-order valence-electron chi connectivity index (χ3n) is 5.17. The van der Waals surface area contributed by atoms with E-state index in [1.807, 2.05) is 6.92 Å². The predicted octanol–water partition coefficient (Wildman–Crippen LogP) is 2.83. The van der Waals surface area contributed by atoms with Gasteiger partial charge in [0.05, 0.1) is 30.2 Å². The summed E-state index contributed by atoms with van der Waals surface area (Å²) in [5.41, 5.74) is 1.40. The van der Waals surface area contributed by atoms with E-state index in [9.17, 15) is 17.6 Å². The molecule has 0 radical (unpaired) electrons. The van der Waals surface area contributed by atoms with E-state index in [0.717, 1.165) is 5.56 Å². The van der Waals surface area contributed by atoms with Crippen molar-refractivity contribution in [2.45, 2.75) is 25.6 Å². The Hall–Kier alpha value is -2.61. The fourth-order valence-electron chi connectivity index (χ4n) is 3.92. The van der Waals surface area contributed by atoms with Gasteiger partial charge in [0.25, 0.3) is 0 Å². The summed E-state index contributed by atoms with van der Waals surface area (Å²) in [6, 6.07) is 11.9. The van der Waals surface area contributed by atoms with Gasteiger partial charge < -0.3 is 9.64 Å². The molecule has 148 valence electrons. The van der Waals surface area contributed by atoms with Crippen molar-refractivity contribution in [2.24, 2.45) is 0 Å². The molecule has 2 amide bonds. The van der Waals surface area contributed by atoms with Crippen molar-refractivity contribution >= 4 is 21.6 Å². The topological polar surface area (TPSA) is 66.9 Å². The summed E-state index contributed by atoms with van der Waals surface area (Å²) in [5, 5.41) is 0. The van der Waals surface area contributed by atoms with E-state index in [1.54, 1.807) is 46.2 Å². The van der Waals surface area contributed by atoms with Crippen LogP contribution in [0.15, 0.2) is 48.5 Å². The van der Waals surface area contributed by atoms with Crippen LogP contribution in [0.4, 0.5) is 14.9 Å². The van der Waals surface area contributed by atoms with Crippen LogP contribution in [0.2, 0.25) is 0 Å². The number of amides is 2. The fourth-order valence-corrected chi connectivity index (χ4v) is 5.87. The second-order valence-corrected chi connectivity index (χ2v) is 9.20. The molecule has 0 N–H and O–H groups in total. The Morgan fingerprint density at radius 3 is 2.32 bits per heavy atom. The Balaban J connectivity index is 1.65. The number of hydrogen-bond donors (Lipinski definition) is 0. The van der Waals surface area contributed by atoms with Crippen LogP contribution in [0.1, 0.15) is 12.5 Å². The quantitative estimate of drug-likeness (QED) is 0.719. The lowest BCUT2D eigenvalue weighted by atomic mass is 10.1. The van der Waals surface area contributed by atoms with Gasteiger partial charge >= 0.3 is 6.03 Å². The van der Waals surface area contributed by atoms with E-state index < -0.39 is 21.9 Å². The van der Waals surface area contributed by atoms with Gasteiger partial charge in [-0.2, -0.15) is 0 Å². The third kappa shape index (κ3) is 3.44. The Morgan fingerprint density at radius 1 is 1.04 bits per heavy atom. The van der Waals surface area contributed by atoms with Crippen molar-refractivity contribution in [1.29, 1.82) is 0 Å². The molecule has 0 bridgehead atoms. The van der Waals surface area contributed by atoms with Crippen LogP contribution in [-0.2, 0) is 16.4 Å². The second-order valence-electron chi connectivity index (χ2n) is 7.05. The Bertz CT molecular complexity index is 976. The highest BCUT2D eigenvalue weighted by Gasteiger charge is 2.53. The summed E-state index contributed by atoms with van der Waals surface area (Å²) in [4.78, 5) is 16.3. The molecular formula is C20H21FN2O4S. The molecule has 2 saturated heterocycles. The number of rotatable bonds is 5. The van der Waals surface area contributed by atoms with E-state index in [-0.39, 0.29) is 29.9 Å². The lowest BCUT2D eigenvalue weighted by Gasteiger charge is -2.23. The van der Waals surface area contributed by atoms with Gasteiger partial charge in [0.1, 0.15) is 11.6 Å². The summed E-state index contributed by atoms with van der Waals surface area (Å²) in [5.74, 6) is 0.222. The van der Waals surface area contributed by atoms with Gasteiger partial charge in [-0.25, -0.2) is 17.6 Å². The van der Waals surface area contributed by atoms with Gasteiger partial charge in [-0.15, -0.1) is 0 Å². The Morgan fingerprint density at radius 2 is 1.68 bits per heavy atom. The largest absolute Gasteiger partial charge is 0.494 e. The van der Waals surface area contributed by atoms with E-state index in [1.165, 1.54) is 12.1 Å². The second kappa shape index (κ2) is 7.09. The molecule has 2 aliphatic heterocycles. The minimum absolute atomic E-state index is 0.0574. The molecule has 2 aliphatic rings. The zero-order valence-electron chi connectivity index (χ0n) is 15.4. The van der Waals surface area contributed by atoms with E-state index in [2.05, 4.69) is 0 Å². The van der Waals surface area contributed by atoms with Gasteiger partial charge in [0, 0.05) is 12.2 Å². The monoisotopic (exact) mass is 404 g/mol. The van der Waals surface area contributed by atoms with Crippen molar-refractivity contribution < 1.29 is 22.3 Å². The first-order chi connectivity index (χ1) is 13.4. The lowest BCUT2D eigenvalue weighted by Crippen LogP contribution is -2.37. The molecule has 2 aromatic carbocycles. The van der Waals surface area contributed by atoms with Crippen LogP contribution in [0, 0.1) is 5.82 Å². The van der Waals surface area contributed by atoms with E-state index >= 15 is 0 Å². The maximum atomic E-state index is 13.2. The molecule has 8 heteroatoms. The van der Waals surface area contributed by atoms with Crippen LogP contribution in [0.25, 0.3) is 0 Å². The number of urea groups is 1. The molecule has 2 aromatic rings.